The highest BCUT2D eigenvalue weighted by molar-refractivity contribution is 5.43. The molecule has 2 aromatic rings. The van der Waals surface area contributed by atoms with Gasteiger partial charge in [-0.2, -0.15) is 10.4 Å². The highest BCUT2D eigenvalue weighted by Gasteiger charge is 2.17. The monoisotopic (exact) mass is 250 g/mol. The highest BCUT2D eigenvalue weighted by Crippen LogP contribution is 2.21. The largest absolute Gasteiger partial charge is 0.307 e. The lowest BCUT2D eigenvalue weighted by atomic mass is 10.2. The molecule has 18 heavy (non-hydrogen) atoms. The predicted molar refractivity (Wildman–Crippen MR) is 54.8 cm³/mol. The molecule has 6 nitrogen and oxygen atoms in total. The van der Waals surface area contributed by atoms with Crippen LogP contribution in [0, 0.1) is 33.1 Å². The first-order chi connectivity index (χ1) is 8.52. The second kappa shape index (κ2) is 4.21. The fourth-order valence-electron chi connectivity index (χ4n) is 1.38. The van der Waals surface area contributed by atoms with Crippen molar-refractivity contribution in [2.75, 3.05) is 0 Å². The molecule has 0 atom stereocenters. The van der Waals surface area contributed by atoms with Crippen LogP contribution in [0.2, 0.25) is 0 Å². The second-order valence-electron chi connectivity index (χ2n) is 3.30. The van der Waals surface area contributed by atoms with Crippen LogP contribution in [-0.2, 0) is 0 Å². The maximum atomic E-state index is 13.6. The topological polar surface area (TPSA) is 84.8 Å². The average Bonchev–Trinajstić information content (AvgIpc) is 2.77. The van der Waals surface area contributed by atoms with E-state index in [1.54, 1.807) is 6.07 Å². The smallest absolute Gasteiger partial charge is 0.258 e. The van der Waals surface area contributed by atoms with E-state index in [1.165, 1.54) is 0 Å². The Morgan fingerprint density at radius 2 is 2.00 bits per heavy atom. The molecule has 0 aliphatic heterocycles. The molecule has 0 aliphatic rings. The van der Waals surface area contributed by atoms with Crippen LogP contribution in [0.3, 0.4) is 0 Å². The maximum absolute atomic E-state index is 13.6. The van der Waals surface area contributed by atoms with E-state index in [1.807, 2.05) is 0 Å². The molecule has 1 aromatic carbocycles. The predicted octanol–water partition coefficient (Wildman–Crippen LogP) is 1.93. The minimum Gasteiger partial charge on any atom is -0.258 e. The summed E-state index contributed by atoms with van der Waals surface area (Å²) in [5.41, 5.74) is -1.14. The Balaban J connectivity index is 2.57. The average molecular weight is 250 g/mol. The van der Waals surface area contributed by atoms with Gasteiger partial charge in [0.2, 0.25) is 0 Å². The third-order valence-electron chi connectivity index (χ3n) is 2.15. The van der Waals surface area contributed by atoms with Gasteiger partial charge in [0.15, 0.2) is 11.6 Å². The van der Waals surface area contributed by atoms with E-state index < -0.39 is 27.9 Å². The highest BCUT2D eigenvalue weighted by atomic mass is 19.1. The van der Waals surface area contributed by atoms with Gasteiger partial charge in [0.25, 0.3) is 0 Å². The SMILES string of the molecule is N#Cc1cc(F)c(-n2cc([N+](=O)[O-])cn2)c(F)c1. The summed E-state index contributed by atoms with van der Waals surface area (Å²) in [5.74, 6) is -2.05. The van der Waals surface area contributed by atoms with Crippen molar-refractivity contribution in [2.45, 2.75) is 0 Å². The van der Waals surface area contributed by atoms with E-state index >= 15 is 0 Å². The summed E-state index contributed by atoms with van der Waals surface area (Å²) in [6, 6.07) is 3.24. The van der Waals surface area contributed by atoms with Gasteiger partial charge in [0.1, 0.15) is 18.1 Å². The normalized spacial score (nSPS) is 10.1. The van der Waals surface area contributed by atoms with Crippen LogP contribution in [0.4, 0.5) is 14.5 Å². The van der Waals surface area contributed by atoms with Crippen molar-refractivity contribution in [3.63, 3.8) is 0 Å². The number of nitro groups is 1. The van der Waals surface area contributed by atoms with Gasteiger partial charge in [-0.15, -0.1) is 0 Å². The number of hydrogen-bond acceptors (Lipinski definition) is 4. The van der Waals surface area contributed by atoms with Gasteiger partial charge in [-0.05, 0) is 12.1 Å². The van der Waals surface area contributed by atoms with Crippen LogP contribution < -0.4 is 0 Å². The second-order valence-corrected chi connectivity index (χ2v) is 3.30. The number of hydrogen-bond donors (Lipinski definition) is 0. The van der Waals surface area contributed by atoms with E-state index in [0.717, 1.165) is 24.5 Å². The Morgan fingerprint density at radius 1 is 1.39 bits per heavy atom. The fraction of sp³-hybridized carbons (Fsp3) is 0. The van der Waals surface area contributed by atoms with Gasteiger partial charge in [-0.3, -0.25) is 10.1 Å². The number of halogens is 2. The zero-order chi connectivity index (χ0) is 13.3. The fourth-order valence-corrected chi connectivity index (χ4v) is 1.38. The van der Waals surface area contributed by atoms with Crippen LogP contribution >= 0.6 is 0 Å². The minimum atomic E-state index is -1.02. The quantitative estimate of drug-likeness (QED) is 0.602. The molecule has 0 fully saturated rings. The first-order valence-electron chi connectivity index (χ1n) is 4.61. The number of nitriles is 1. The molecule has 0 unspecified atom stereocenters. The molecular weight excluding hydrogens is 246 g/mol. The van der Waals surface area contributed by atoms with Gasteiger partial charge in [-0.1, -0.05) is 0 Å². The molecule has 1 aromatic heterocycles. The standard InChI is InChI=1S/C10H4F2N4O2/c11-8-1-6(3-13)2-9(12)10(8)15-5-7(4-14-15)16(17)18/h1-2,4-5H. The van der Waals surface area contributed by atoms with E-state index in [-0.39, 0.29) is 5.56 Å². The molecule has 0 N–H and O–H groups in total. The Kier molecular flexibility index (Phi) is 2.73. The molecule has 0 spiro atoms. The molecule has 0 saturated heterocycles. The summed E-state index contributed by atoms with van der Waals surface area (Å²) in [7, 11) is 0. The van der Waals surface area contributed by atoms with Crippen molar-refractivity contribution in [3.05, 3.63) is 51.8 Å². The van der Waals surface area contributed by atoms with Gasteiger partial charge in [0.05, 0.1) is 16.6 Å². The third-order valence-corrected chi connectivity index (χ3v) is 2.15. The van der Waals surface area contributed by atoms with E-state index in [9.17, 15) is 18.9 Å². The molecular formula is C10H4F2N4O2. The first kappa shape index (κ1) is 11.7. The molecule has 8 heteroatoms. The lowest BCUT2D eigenvalue weighted by Gasteiger charge is -2.04. The molecule has 0 aliphatic carbocycles. The Hall–Kier alpha value is -2.82. The summed E-state index contributed by atoms with van der Waals surface area (Å²) in [6.07, 6.45) is 1.75. The molecule has 90 valence electrons. The summed E-state index contributed by atoms with van der Waals surface area (Å²) < 4.78 is 27.9. The van der Waals surface area contributed by atoms with Gasteiger partial charge in [-0.25, -0.2) is 13.5 Å². The molecule has 0 bridgehead atoms. The van der Waals surface area contributed by atoms with Crippen molar-refractivity contribution in [1.82, 2.24) is 9.78 Å². The summed E-state index contributed by atoms with van der Waals surface area (Å²) in [4.78, 5) is 9.70. The maximum Gasteiger partial charge on any atom is 0.307 e. The zero-order valence-electron chi connectivity index (χ0n) is 8.67. The van der Waals surface area contributed by atoms with Gasteiger partial charge < -0.3 is 0 Å². The van der Waals surface area contributed by atoms with Crippen molar-refractivity contribution in [2.24, 2.45) is 0 Å². The van der Waals surface area contributed by atoms with Crippen molar-refractivity contribution in [1.29, 1.82) is 5.26 Å². The Morgan fingerprint density at radius 3 is 2.44 bits per heavy atom. The molecule has 1 heterocycles. The lowest BCUT2D eigenvalue weighted by molar-refractivity contribution is -0.384. The number of nitrogens with zero attached hydrogens (tertiary/aromatic N) is 4. The van der Waals surface area contributed by atoms with E-state index in [2.05, 4.69) is 5.10 Å². The molecule has 0 radical (unpaired) electrons. The summed E-state index contributed by atoms with van der Waals surface area (Å²) in [5, 5.41) is 22.5. The van der Waals surface area contributed by atoms with Crippen molar-refractivity contribution >= 4 is 5.69 Å². The van der Waals surface area contributed by atoms with Crippen LogP contribution in [0.5, 0.6) is 0 Å². The summed E-state index contributed by atoms with van der Waals surface area (Å²) in [6.45, 7) is 0. The van der Waals surface area contributed by atoms with Crippen LogP contribution in [-0.4, -0.2) is 14.7 Å². The minimum absolute atomic E-state index is 0.185. The van der Waals surface area contributed by atoms with Crippen LogP contribution in [0.25, 0.3) is 5.69 Å². The molecule has 2 rings (SSSR count). The van der Waals surface area contributed by atoms with Gasteiger partial charge >= 0.3 is 5.69 Å². The summed E-state index contributed by atoms with van der Waals surface area (Å²) >= 11 is 0. The Labute approximate surface area is 98.8 Å². The van der Waals surface area contributed by atoms with Crippen LogP contribution in [0.1, 0.15) is 5.56 Å². The molecule has 0 saturated carbocycles. The van der Waals surface area contributed by atoms with Crippen LogP contribution in [0.15, 0.2) is 24.5 Å². The van der Waals surface area contributed by atoms with E-state index in [0.29, 0.717) is 4.68 Å². The Bertz CT molecular complexity index is 652. The van der Waals surface area contributed by atoms with Crippen molar-refractivity contribution in [3.8, 4) is 11.8 Å². The third kappa shape index (κ3) is 1.89. The molecule has 0 amide bonds. The zero-order valence-corrected chi connectivity index (χ0v) is 8.67. The van der Waals surface area contributed by atoms with Gasteiger partial charge in [0, 0.05) is 0 Å². The van der Waals surface area contributed by atoms with E-state index in [4.69, 9.17) is 5.26 Å². The first-order valence-corrected chi connectivity index (χ1v) is 4.61. The lowest BCUT2D eigenvalue weighted by Crippen LogP contribution is -2.02. The number of benzene rings is 1. The van der Waals surface area contributed by atoms with Crippen molar-refractivity contribution < 1.29 is 13.7 Å². The number of aromatic nitrogens is 2. The number of rotatable bonds is 2.